The first-order chi connectivity index (χ1) is 9.50. The van der Waals surface area contributed by atoms with Gasteiger partial charge in [-0.15, -0.1) is 0 Å². The molecule has 0 radical (unpaired) electrons. The maximum atomic E-state index is 11.9. The van der Waals surface area contributed by atoms with Crippen molar-refractivity contribution in [2.24, 2.45) is 0 Å². The first-order valence-electron chi connectivity index (χ1n) is 6.86. The Balaban J connectivity index is 1.78. The van der Waals surface area contributed by atoms with E-state index in [1.165, 1.54) is 37.4 Å². The van der Waals surface area contributed by atoms with E-state index in [2.05, 4.69) is 15.6 Å². The molecule has 0 aromatic carbocycles. The van der Waals surface area contributed by atoms with Crippen LogP contribution >= 0.6 is 0 Å². The fourth-order valence-electron chi connectivity index (χ4n) is 1.75. The molecule has 0 aliphatic heterocycles. The summed E-state index contributed by atoms with van der Waals surface area (Å²) in [6, 6.07) is 4.02. The average molecular weight is 298 g/mol. The van der Waals surface area contributed by atoms with Crippen LogP contribution in [0.4, 0.5) is 5.82 Å². The zero-order valence-electron chi connectivity index (χ0n) is 12.0. The van der Waals surface area contributed by atoms with Crippen LogP contribution in [0.2, 0.25) is 0 Å². The van der Waals surface area contributed by atoms with Gasteiger partial charge in [-0.3, -0.25) is 0 Å². The lowest BCUT2D eigenvalue weighted by Crippen LogP contribution is -2.22. The van der Waals surface area contributed by atoms with Gasteiger partial charge in [0.2, 0.25) is 10.0 Å². The summed E-state index contributed by atoms with van der Waals surface area (Å²) in [4.78, 5) is 4.35. The summed E-state index contributed by atoms with van der Waals surface area (Å²) >= 11 is 0. The molecule has 112 valence electrons. The Morgan fingerprint density at radius 2 is 2.05 bits per heavy atom. The van der Waals surface area contributed by atoms with Crippen molar-refractivity contribution in [3.63, 3.8) is 0 Å². The molecule has 1 aliphatic carbocycles. The fourth-order valence-corrected chi connectivity index (χ4v) is 2.59. The largest absolute Gasteiger partial charge is 0.370 e. The van der Waals surface area contributed by atoms with Crippen molar-refractivity contribution in [3.8, 4) is 0 Å². The van der Waals surface area contributed by atoms with Crippen molar-refractivity contribution in [1.82, 2.24) is 14.6 Å². The quantitative estimate of drug-likeness (QED) is 0.697. The van der Waals surface area contributed by atoms with Gasteiger partial charge >= 0.3 is 0 Å². The standard InChI is InChI=1S/C13H22N4O2S/c1-17(2)20(18,19)12-6-7-13(16-10-12)15-9-3-8-14-11-4-5-11/h6-7,10-11,14H,3-5,8-9H2,1-2H3,(H,15,16). The summed E-state index contributed by atoms with van der Waals surface area (Å²) in [5.41, 5.74) is 0. The minimum atomic E-state index is -3.39. The fraction of sp³-hybridized carbons (Fsp3) is 0.615. The molecule has 0 atom stereocenters. The smallest absolute Gasteiger partial charge is 0.244 e. The molecule has 6 nitrogen and oxygen atoms in total. The maximum Gasteiger partial charge on any atom is 0.244 e. The Kier molecular flexibility index (Phi) is 4.95. The summed E-state index contributed by atoms with van der Waals surface area (Å²) in [5, 5.41) is 6.63. The van der Waals surface area contributed by atoms with Crippen molar-refractivity contribution in [3.05, 3.63) is 18.3 Å². The van der Waals surface area contributed by atoms with Crippen molar-refractivity contribution >= 4 is 15.8 Å². The molecule has 0 amide bonds. The molecule has 2 rings (SSSR count). The third kappa shape index (κ3) is 4.16. The van der Waals surface area contributed by atoms with Crippen LogP contribution in [-0.2, 0) is 10.0 Å². The molecule has 0 unspecified atom stereocenters. The van der Waals surface area contributed by atoms with Gasteiger partial charge in [-0.1, -0.05) is 0 Å². The van der Waals surface area contributed by atoms with Gasteiger partial charge in [0.05, 0.1) is 0 Å². The lowest BCUT2D eigenvalue weighted by atomic mass is 10.4. The minimum Gasteiger partial charge on any atom is -0.370 e. The van der Waals surface area contributed by atoms with Crippen LogP contribution in [-0.4, -0.2) is 50.9 Å². The van der Waals surface area contributed by atoms with Gasteiger partial charge in [0, 0.05) is 32.9 Å². The van der Waals surface area contributed by atoms with E-state index in [-0.39, 0.29) is 4.90 Å². The predicted molar refractivity (Wildman–Crippen MR) is 79.2 cm³/mol. The number of nitrogens with one attached hydrogen (secondary N) is 2. The molecule has 0 spiro atoms. The van der Waals surface area contributed by atoms with Crippen molar-refractivity contribution in [1.29, 1.82) is 0 Å². The van der Waals surface area contributed by atoms with E-state index in [0.29, 0.717) is 5.82 Å². The van der Waals surface area contributed by atoms with Gasteiger partial charge in [-0.2, -0.15) is 0 Å². The first-order valence-corrected chi connectivity index (χ1v) is 8.30. The average Bonchev–Trinajstić information content (AvgIpc) is 3.23. The molecule has 20 heavy (non-hydrogen) atoms. The summed E-state index contributed by atoms with van der Waals surface area (Å²) < 4.78 is 24.9. The first kappa shape index (κ1) is 15.2. The molecular formula is C13H22N4O2S. The number of aromatic nitrogens is 1. The number of nitrogens with zero attached hydrogens (tertiary/aromatic N) is 2. The van der Waals surface area contributed by atoms with E-state index in [1.54, 1.807) is 12.1 Å². The summed E-state index contributed by atoms with van der Waals surface area (Å²) in [6.07, 6.45) is 5.02. The van der Waals surface area contributed by atoms with E-state index in [0.717, 1.165) is 25.6 Å². The van der Waals surface area contributed by atoms with Gasteiger partial charge < -0.3 is 10.6 Å². The van der Waals surface area contributed by atoms with Gasteiger partial charge in [-0.05, 0) is 37.9 Å². The van der Waals surface area contributed by atoms with E-state index in [1.807, 2.05) is 0 Å². The summed E-state index contributed by atoms with van der Waals surface area (Å²) in [7, 11) is -0.376. The Labute approximate surface area is 120 Å². The van der Waals surface area contributed by atoms with E-state index >= 15 is 0 Å². The van der Waals surface area contributed by atoms with E-state index in [4.69, 9.17) is 0 Å². The number of hydrogen-bond acceptors (Lipinski definition) is 5. The highest BCUT2D eigenvalue weighted by Crippen LogP contribution is 2.18. The topological polar surface area (TPSA) is 74.3 Å². The van der Waals surface area contributed by atoms with Crippen LogP contribution in [0.15, 0.2) is 23.2 Å². The molecule has 1 aliphatic rings. The second-order valence-corrected chi connectivity index (χ2v) is 7.33. The van der Waals surface area contributed by atoms with Crippen LogP contribution in [0.1, 0.15) is 19.3 Å². The Morgan fingerprint density at radius 3 is 2.60 bits per heavy atom. The molecule has 1 saturated carbocycles. The van der Waals surface area contributed by atoms with Crippen molar-refractivity contribution < 1.29 is 8.42 Å². The molecule has 0 saturated heterocycles. The number of anilines is 1. The highest BCUT2D eigenvalue weighted by Gasteiger charge is 2.19. The van der Waals surface area contributed by atoms with Crippen LogP contribution in [0.25, 0.3) is 0 Å². The summed E-state index contributed by atoms with van der Waals surface area (Å²) in [5.74, 6) is 0.703. The van der Waals surface area contributed by atoms with Crippen LogP contribution < -0.4 is 10.6 Å². The highest BCUT2D eigenvalue weighted by molar-refractivity contribution is 7.89. The maximum absolute atomic E-state index is 11.9. The molecular weight excluding hydrogens is 276 g/mol. The lowest BCUT2D eigenvalue weighted by molar-refractivity contribution is 0.520. The van der Waals surface area contributed by atoms with Gasteiger partial charge in [0.15, 0.2) is 0 Å². The van der Waals surface area contributed by atoms with Gasteiger partial charge in [-0.25, -0.2) is 17.7 Å². The molecule has 1 heterocycles. The van der Waals surface area contributed by atoms with Crippen LogP contribution in [0.3, 0.4) is 0 Å². The normalized spacial score (nSPS) is 15.6. The predicted octanol–water partition coefficient (Wildman–Crippen LogP) is 0.886. The molecule has 0 bridgehead atoms. The molecule has 1 aromatic heterocycles. The van der Waals surface area contributed by atoms with E-state index < -0.39 is 10.0 Å². The monoisotopic (exact) mass is 298 g/mol. The second kappa shape index (κ2) is 6.51. The number of sulfonamides is 1. The highest BCUT2D eigenvalue weighted by atomic mass is 32.2. The van der Waals surface area contributed by atoms with Crippen LogP contribution in [0, 0.1) is 0 Å². The molecule has 2 N–H and O–H groups in total. The van der Waals surface area contributed by atoms with Gasteiger partial charge in [0.25, 0.3) is 0 Å². The Bertz CT molecular complexity index is 524. The number of hydrogen-bond donors (Lipinski definition) is 2. The van der Waals surface area contributed by atoms with E-state index in [9.17, 15) is 8.42 Å². The Morgan fingerprint density at radius 1 is 1.30 bits per heavy atom. The van der Waals surface area contributed by atoms with Crippen molar-refractivity contribution in [2.45, 2.75) is 30.2 Å². The van der Waals surface area contributed by atoms with Crippen molar-refractivity contribution in [2.75, 3.05) is 32.5 Å². The molecule has 1 aromatic rings. The molecule has 7 heteroatoms. The minimum absolute atomic E-state index is 0.212. The zero-order valence-corrected chi connectivity index (χ0v) is 12.8. The lowest BCUT2D eigenvalue weighted by Gasteiger charge is -2.11. The SMILES string of the molecule is CN(C)S(=O)(=O)c1ccc(NCCCNC2CC2)nc1. The second-order valence-electron chi connectivity index (χ2n) is 5.18. The zero-order chi connectivity index (χ0) is 14.6. The third-order valence-corrected chi connectivity index (χ3v) is 4.98. The number of rotatable bonds is 8. The van der Waals surface area contributed by atoms with Gasteiger partial charge in [0.1, 0.15) is 10.7 Å². The molecule has 1 fully saturated rings. The van der Waals surface area contributed by atoms with Crippen LogP contribution in [0.5, 0.6) is 0 Å². The number of pyridine rings is 1. The summed E-state index contributed by atoms with van der Waals surface area (Å²) in [6.45, 7) is 1.83. The third-order valence-electron chi connectivity index (χ3n) is 3.18. The Hall–Kier alpha value is -1.18.